The molecule has 0 atom stereocenters. The lowest BCUT2D eigenvalue weighted by Crippen LogP contribution is -2.32. The van der Waals surface area contributed by atoms with Crippen LogP contribution in [-0.2, 0) is 6.54 Å². The summed E-state index contributed by atoms with van der Waals surface area (Å²) in [6.45, 7) is 6.91. The fourth-order valence-electron chi connectivity index (χ4n) is 3.83. The number of carbonyl (C=O) groups is 1. The van der Waals surface area contributed by atoms with Crippen LogP contribution in [0.2, 0.25) is 0 Å². The van der Waals surface area contributed by atoms with E-state index in [0.29, 0.717) is 22.9 Å². The summed E-state index contributed by atoms with van der Waals surface area (Å²) >= 11 is 1.77. The quantitative estimate of drug-likeness (QED) is 0.623. The largest absolute Gasteiger partial charge is 0.497 e. The van der Waals surface area contributed by atoms with Crippen LogP contribution in [0, 0.1) is 13.8 Å². The van der Waals surface area contributed by atoms with Gasteiger partial charge in [-0.05, 0) is 64.0 Å². The summed E-state index contributed by atoms with van der Waals surface area (Å²) in [4.78, 5) is 30.0. The number of methoxy groups -OCH3 is 1. The van der Waals surface area contributed by atoms with E-state index < -0.39 is 0 Å². The average molecular weight is 438 g/mol. The number of aryl methyl sites for hydroxylation is 2. The molecular weight excluding hydrogens is 410 g/mol. The van der Waals surface area contributed by atoms with E-state index in [-0.39, 0.29) is 5.91 Å². The minimum atomic E-state index is -0.205. The molecule has 1 amide bonds. The number of hydrogen-bond acceptors (Lipinski definition) is 7. The van der Waals surface area contributed by atoms with Crippen molar-refractivity contribution in [2.75, 3.05) is 25.5 Å². The number of piperidine rings is 1. The molecule has 0 unspecified atom stereocenters. The summed E-state index contributed by atoms with van der Waals surface area (Å²) in [5.74, 6) is 1.71. The maximum Gasteiger partial charge on any atom is 0.259 e. The molecule has 0 spiro atoms. The first-order valence-corrected chi connectivity index (χ1v) is 11.3. The van der Waals surface area contributed by atoms with Gasteiger partial charge in [-0.1, -0.05) is 0 Å². The average Bonchev–Trinajstić information content (AvgIpc) is 3.19. The Kier molecular flexibility index (Phi) is 6.58. The van der Waals surface area contributed by atoms with Crippen molar-refractivity contribution < 1.29 is 9.53 Å². The van der Waals surface area contributed by atoms with E-state index in [1.165, 1.54) is 4.88 Å². The Balaban J connectivity index is 1.35. The van der Waals surface area contributed by atoms with Gasteiger partial charge in [0.2, 0.25) is 0 Å². The van der Waals surface area contributed by atoms with Crippen LogP contribution >= 0.6 is 11.3 Å². The molecule has 1 saturated heterocycles. The zero-order valence-corrected chi connectivity index (χ0v) is 18.9. The molecule has 1 aromatic carbocycles. The van der Waals surface area contributed by atoms with Crippen molar-refractivity contribution in [1.29, 1.82) is 0 Å². The van der Waals surface area contributed by atoms with E-state index in [1.54, 1.807) is 24.6 Å². The van der Waals surface area contributed by atoms with Gasteiger partial charge in [-0.2, -0.15) is 0 Å². The Morgan fingerprint density at radius 1 is 1.16 bits per heavy atom. The van der Waals surface area contributed by atoms with Crippen LogP contribution in [-0.4, -0.2) is 46.0 Å². The second-order valence-corrected chi connectivity index (χ2v) is 9.13. The molecule has 1 aliphatic rings. The summed E-state index contributed by atoms with van der Waals surface area (Å²) < 4.78 is 5.15. The van der Waals surface area contributed by atoms with Crippen LogP contribution in [0.1, 0.15) is 50.5 Å². The molecule has 1 fully saturated rings. The lowest BCUT2D eigenvalue weighted by Gasteiger charge is -2.30. The maximum atomic E-state index is 12.7. The van der Waals surface area contributed by atoms with Crippen LogP contribution in [0.4, 0.5) is 5.69 Å². The van der Waals surface area contributed by atoms with Gasteiger partial charge in [0.1, 0.15) is 11.6 Å². The molecule has 162 valence electrons. The van der Waals surface area contributed by atoms with Gasteiger partial charge in [0.25, 0.3) is 5.91 Å². The van der Waals surface area contributed by atoms with Gasteiger partial charge in [-0.3, -0.25) is 9.69 Å². The van der Waals surface area contributed by atoms with Crippen molar-refractivity contribution >= 4 is 22.9 Å². The number of nitrogens with zero attached hydrogens (tertiary/aromatic N) is 4. The number of aromatic nitrogens is 3. The van der Waals surface area contributed by atoms with Gasteiger partial charge < -0.3 is 10.1 Å². The SMILES string of the molecule is COc1ccc(NC(=O)c2cnc(C3CCN(Cc4cnc(C)s4)CC3)nc2C)cc1. The number of anilines is 1. The Labute approximate surface area is 186 Å². The van der Waals surface area contributed by atoms with Gasteiger partial charge in [0.05, 0.1) is 23.4 Å². The first-order chi connectivity index (χ1) is 15.0. The van der Waals surface area contributed by atoms with Crippen LogP contribution in [0.5, 0.6) is 5.75 Å². The van der Waals surface area contributed by atoms with Crippen LogP contribution in [0.3, 0.4) is 0 Å². The van der Waals surface area contributed by atoms with Gasteiger partial charge in [0.15, 0.2) is 0 Å². The van der Waals surface area contributed by atoms with Gasteiger partial charge in [-0.25, -0.2) is 15.0 Å². The monoisotopic (exact) mass is 437 g/mol. The second-order valence-electron chi connectivity index (χ2n) is 7.81. The molecule has 0 bridgehead atoms. The highest BCUT2D eigenvalue weighted by molar-refractivity contribution is 7.11. The Morgan fingerprint density at radius 2 is 1.90 bits per heavy atom. The van der Waals surface area contributed by atoms with Crippen molar-refractivity contribution in [1.82, 2.24) is 19.9 Å². The smallest absolute Gasteiger partial charge is 0.259 e. The zero-order valence-electron chi connectivity index (χ0n) is 18.1. The van der Waals surface area contributed by atoms with E-state index in [9.17, 15) is 4.79 Å². The molecule has 0 aliphatic carbocycles. The fraction of sp³-hybridized carbons (Fsp3) is 0.391. The Bertz CT molecular complexity index is 1040. The number of likely N-dealkylation sites (tertiary alicyclic amines) is 1. The highest BCUT2D eigenvalue weighted by Gasteiger charge is 2.24. The fourth-order valence-corrected chi connectivity index (χ4v) is 4.66. The van der Waals surface area contributed by atoms with Crippen molar-refractivity contribution in [3.8, 4) is 5.75 Å². The number of hydrogen-bond donors (Lipinski definition) is 1. The second kappa shape index (κ2) is 9.53. The third-order valence-electron chi connectivity index (χ3n) is 5.59. The highest BCUT2D eigenvalue weighted by Crippen LogP contribution is 2.27. The molecular formula is C23H27N5O2S. The zero-order chi connectivity index (χ0) is 21.8. The molecule has 31 heavy (non-hydrogen) atoms. The lowest BCUT2D eigenvalue weighted by molar-refractivity contribution is 0.102. The molecule has 0 saturated carbocycles. The maximum absolute atomic E-state index is 12.7. The molecule has 7 nitrogen and oxygen atoms in total. The number of ether oxygens (including phenoxy) is 1. The summed E-state index contributed by atoms with van der Waals surface area (Å²) in [5.41, 5.74) is 1.91. The van der Waals surface area contributed by atoms with E-state index in [2.05, 4.69) is 25.2 Å². The molecule has 4 rings (SSSR count). The van der Waals surface area contributed by atoms with E-state index in [1.807, 2.05) is 44.3 Å². The third kappa shape index (κ3) is 5.26. The third-order valence-corrected chi connectivity index (χ3v) is 6.49. The first kappa shape index (κ1) is 21.4. The Hall–Kier alpha value is -2.84. The minimum absolute atomic E-state index is 0.205. The standard InChI is InChI=1S/C23H27N5O2S/c1-15-21(23(29)27-18-4-6-19(30-3)7-5-18)13-25-22(26-15)17-8-10-28(11-9-17)14-20-12-24-16(2)31-20/h4-7,12-13,17H,8-11,14H2,1-3H3,(H,27,29). The highest BCUT2D eigenvalue weighted by atomic mass is 32.1. The summed E-state index contributed by atoms with van der Waals surface area (Å²) in [6.07, 6.45) is 5.68. The van der Waals surface area contributed by atoms with E-state index >= 15 is 0 Å². The molecule has 2 aromatic heterocycles. The van der Waals surface area contributed by atoms with Crippen molar-refractivity contribution in [2.45, 2.75) is 39.2 Å². The number of rotatable bonds is 6. The van der Waals surface area contributed by atoms with Crippen LogP contribution in [0.25, 0.3) is 0 Å². The van der Waals surface area contributed by atoms with E-state index in [0.717, 1.165) is 49.1 Å². The minimum Gasteiger partial charge on any atom is -0.497 e. The number of carbonyl (C=O) groups excluding carboxylic acids is 1. The Morgan fingerprint density at radius 3 is 2.52 bits per heavy atom. The van der Waals surface area contributed by atoms with Crippen molar-refractivity contribution in [2.24, 2.45) is 0 Å². The van der Waals surface area contributed by atoms with Crippen LogP contribution in [0.15, 0.2) is 36.7 Å². The van der Waals surface area contributed by atoms with Crippen molar-refractivity contribution in [3.63, 3.8) is 0 Å². The molecule has 3 aromatic rings. The predicted octanol–water partition coefficient (Wildman–Crippen LogP) is 4.19. The topological polar surface area (TPSA) is 80.2 Å². The predicted molar refractivity (Wildman–Crippen MR) is 122 cm³/mol. The number of benzene rings is 1. The van der Waals surface area contributed by atoms with E-state index in [4.69, 9.17) is 4.74 Å². The number of nitrogens with one attached hydrogen (secondary N) is 1. The molecule has 8 heteroatoms. The van der Waals surface area contributed by atoms with Crippen molar-refractivity contribution in [3.05, 3.63) is 63.6 Å². The molecule has 0 radical (unpaired) electrons. The summed E-state index contributed by atoms with van der Waals surface area (Å²) in [5, 5.41) is 4.01. The van der Waals surface area contributed by atoms with Gasteiger partial charge in [0, 0.05) is 35.4 Å². The number of thiazole rings is 1. The number of amides is 1. The van der Waals surface area contributed by atoms with Gasteiger partial charge in [-0.15, -0.1) is 11.3 Å². The summed E-state index contributed by atoms with van der Waals surface area (Å²) in [6, 6.07) is 7.24. The van der Waals surface area contributed by atoms with Crippen LogP contribution < -0.4 is 10.1 Å². The molecule has 3 heterocycles. The lowest BCUT2D eigenvalue weighted by atomic mass is 9.95. The first-order valence-electron chi connectivity index (χ1n) is 10.4. The van der Waals surface area contributed by atoms with Gasteiger partial charge >= 0.3 is 0 Å². The molecule has 1 aliphatic heterocycles. The normalized spacial score (nSPS) is 15.1. The summed E-state index contributed by atoms with van der Waals surface area (Å²) in [7, 11) is 1.61. The molecule has 1 N–H and O–H groups in total.